The molecule has 0 saturated carbocycles. The van der Waals surface area contributed by atoms with Gasteiger partial charge in [0.15, 0.2) is 0 Å². The number of rotatable bonds is 2. The van der Waals surface area contributed by atoms with Gasteiger partial charge in [-0.05, 0) is 39.3 Å². The van der Waals surface area contributed by atoms with Crippen LogP contribution in [0.1, 0.15) is 11.1 Å². The Morgan fingerprint density at radius 3 is 1.81 bits per heavy atom. The number of hydrogen-bond donors (Lipinski definition) is 0. The van der Waals surface area contributed by atoms with Crippen LogP contribution in [0.4, 0.5) is 0 Å². The fourth-order valence-corrected chi connectivity index (χ4v) is 5.39. The van der Waals surface area contributed by atoms with Crippen LogP contribution in [0.25, 0.3) is 54.9 Å². The van der Waals surface area contributed by atoms with E-state index in [9.17, 15) is 0 Å². The molecule has 1 aliphatic carbocycles. The minimum atomic E-state index is 0. The molecular formula is C33H21Cl2Zr. The predicted molar refractivity (Wildman–Crippen MR) is 139 cm³/mol. The normalized spacial score (nSPS) is 11.1. The topological polar surface area (TPSA) is 0 Å². The van der Waals surface area contributed by atoms with Gasteiger partial charge in [0.1, 0.15) is 0 Å². The van der Waals surface area contributed by atoms with Gasteiger partial charge in [0.2, 0.25) is 0 Å². The van der Waals surface area contributed by atoms with Crippen molar-refractivity contribution < 1.29 is 51.0 Å². The van der Waals surface area contributed by atoms with E-state index in [2.05, 4.69) is 121 Å². The van der Waals surface area contributed by atoms with Crippen molar-refractivity contribution >= 4 is 21.5 Å². The third kappa shape index (κ3) is 4.35. The molecule has 7 rings (SSSR count). The minimum Gasteiger partial charge on any atom is -1.00 e. The molecule has 3 heteroatoms. The van der Waals surface area contributed by atoms with Crippen LogP contribution in [0.2, 0.25) is 0 Å². The molecule has 0 bridgehead atoms. The molecule has 1 radical (unpaired) electrons. The van der Waals surface area contributed by atoms with Gasteiger partial charge in [0.25, 0.3) is 0 Å². The van der Waals surface area contributed by atoms with E-state index in [0.29, 0.717) is 0 Å². The Hall–Kier alpha value is -2.70. The maximum absolute atomic E-state index is 3.77. The number of benzene rings is 6. The van der Waals surface area contributed by atoms with Crippen molar-refractivity contribution in [1.29, 1.82) is 0 Å². The van der Waals surface area contributed by atoms with Crippen molar-refractivity contribution in [3.63, 3.8) is 0 Å². The summed E-state index contributed by atoms with van der Waals surface area (Å²) in [6, 6.07) is 45.6. The number of hydrogen-bond acceptors (Lipinski definition) is 0. The van der Waals surface area contributed by atoms with Crippen LogP contribution < -0.4 is 24.8 Å². The third-order valence-corrected chi connectivity index (χ3v) is 6.97. The zero-order valence-corrected chi connectivity index (χ0v) is 23.4. The van der Waals surface area contributed by atoms with Crippen LogP contribution in [0, 0.1) is 6.07 Å². The molecule has 0 heterocycles. The molecule has 0 fully saturated rings. The molecule has 0 N–H and O–H groups in total. The van der Waals surface area contributed by atoms with Crippen molar-refractivity contribution in [2.45, 2.75) is 6.42 Å². The van der Waals surface area contributed by atoms with E-state index >= 15 is 0 Å². The van der Waals surface area contributed by atoms with Gasteiger partial charge >= 0.3 is 26.2 Å². The molecule has 6 aromatic rings. The maximum Gasteiger partial charge on any atom is 3.00 e. The molecule has 0 saturated heterocycles. The van der Waals surface area contributed by atoms with Gasteiger partial charge in [0, 0.05) is 0 Å². The molecular weight excluding hydrogens is 558 g/mol. The van der Waals surface area contributed by atoms with E-state index in [1.807, 2.05) is 0 Å². The second-order valence-electron chi connectivity index (χ2n) is 8.87. The van der Waals surface area contributed by atoms with E-state index < -0.39 is 0 Å². The molecule has 0 amide bonds. The Morgan fingerprint density at radius 1 is 0.500 bits per heavy atom. The second-order valence-corrected chi connectivity index (χ2v) is 8.87. The van der Waals surface area contributed by atoms with Crippen molar-refractivity contribution in [3.05, 3.63) is 132 Å². The first-order chi connectivity index (χ1) is 16.3. The summed E-state index contributed by atoms with van der Waals surface area (Å²) in [4.78, 5) is 0. The van der Waals surface area contributed by atoms with E-state index in [1.165, 1.54) is 66.1 Å². The van der Waals surface area contributed by atoms with Crippen LogP contribution in [0.15, 0.2) is 115 Å². The van der Waals surface area contributed by atoms with Crippen LogP contribution >= 0.6 is 0 Å². The van der Waals surface area contributed by atoms with Gasteiger partial charge in [-0.1, -0.05) is 125 Å². The predicted octanol–water partition coefficient (Wildman–Crippen LogP) is 2.70. The molecule has 36 heavy (non-hydrogen) atoms. The van der Waals surface area contributed by atoms with Crippen molar-refractivity contribution in [1.82, 2.24) is 0 Å². The first-order valence-corrected chi connectivity index (χ1v) is 11.5. The maximum atomic E-state index is 3.77. The standard InChI is InChI=1S/C33H21.2ClH.Zr/c1-3-11-28-22(7-1)9-5-13-30(28)24-15-17-32-26(19-24)21-27-20-25(16-18-33(27)32)31-14-6-10-23-8-2-4-12-29(23)31;;;/h1-19H,21H2;2*1H;/q-1;;;+3/p-2. The molecule has 171 valence electrons. The summed E-state index contributed by atoms with van der Waals surface area (Å²) in [5, 5.41) is 5.14. The molecule has 0 atom stereocenters. The van der Waals surface area contributed by atoms with Crippen molar-refractivity contribution in [2.75, 3.05) is 0 Å². The quantitative estimate of drug-likeness (QED) is 0.277. The van der Waals surface area contributed by atoms with Crippen LogP contribution in [0.5, 0.6) is 0 Å². The summed E-state index contributed by atoms with van der Waals surface area (Å²) < 4.78 is 0. The Kier molecular flexibility index (Phi) is 7.86. The van der Waals surface area contributed by atoms with E-state index in [-0.39, 0.29) is 51.0 Å². The van der Waals surface area contributed by atoms with E-state index in [4.69, 9.17) is 0 Å². The summed E-state index contributed by atoms with van der Waals surface area (Å²) >= 11 is 0. The molecule has 0 spiro atoms. The SMILES string of the molecule is [Cl-].[Cl-].[Zr+3].[c-]1c(-c2cccc3ccccc23)ccc2c1Cc1cc(-c3cccc4ccccc34)ccc1-2. The zero-order valence-electron chi connectivity index (χ0n) is 19.4. The molecule has 0 nitrogen and oxygen atoms in total. The van der Waals surface area contributed by atoms with Gasteiger partial charge in [-0.15, -0.1) is 29.3 Å². The van der Waals surface area contributed by atoms with E-state index in [1.54, 1.807) is 0 Å². The Balaban J connectivity index is 0.00000101. The summed E-state index contributed by atoms with van der Waals surface area (Å²) in [7, 11) is 0. The van der Waals surface area contributed by atoms with E-state index in [0.717, 1.165) is 6.42 Å². The minimum absolute atomic E-state index is 0. The van der Waals surface area contributed by atoms with Crippen LogP contribution in [0.3, 0.4) is 0 Å². The molecule has 0 aliphatic heterocycles. The Morgan fingerprint density at radius 2 is 1.08 bits per heavy atom. The van der Waals surface area contributed by atoms with Crippen molar-refractivity contribution in [3.8, 4) is 33.4 Å². The first-order valence-electron chi connectivity index (χ1n) is 11.5. The summed E-state index contributed by atoms with van der Waals surface area (Å²) in [6.45, 7) is 0. The molecule has 0 aromatic heterocycles. The van der Waals surface area contributed by atoms with Crippen LogP contribution in [-0.4, -0.2) is 0 Å². The van der Waals surface area contributed by atoms with Crippen LogP contribution in [-0.2, 0) is 32.6 Å². The average Bonchev–Trinajstić information content (AvgIpc) is 3.25. The molecule has 6 aromatic carbocycles. The number of halogens is 2. The fraction of sp³-hybridized carbons (Fsp3) is 0.0303. The van der Waals surface area contributed by atoms with Gasteiger partial charge in [-0.2, -0.15) is 0 Å². The first kappa shape index (κ1) is 26.4. The van der Waals surface area contributed by atoms with Gasteiger partial charge in [0.05, 0.1) is 0 Å². The summed E-state index contributed by atoms with van der Waals surface area (Å²) in [6.07, 6.45) is 0.932. The third-order valence-electron chi connectivity index (χ3n) is 6.97. The smallest absolute Gasteiger partial charge is 1.00 e. The summed E-state index contributed by atoms with van der Waals surface area (Å²) in [5.74, 6) is 0. The zero-order chi connectivity index (χ0) is 21.8. The average molecular weight is 580 g/mol. The van der Waals surface area contributed by atoms with Gasteiger partial charge < -0.3 is 24.8 Å². The summed E-state index contributed by atoms with van der Waals surface area (Å²) in [5.41, 5.74) is 10.4. The van der Waals surface area contributed by atoms with Gasteiger partial charge in [-0.25, -0.2) is 0 Å². The second kappa shape index (κ2) is 10.7. The van der Waals surface area contributed by atoms with Crippen molar-refractivity contribution in [2.24, 2.45) is 0 Å². The largest absolute Gasteiger partial charge is 3.00 e. The fourth-order valence-electron chi connectivity index (χ4n) is 5.39. The Bertz CT molecular complexity index is 1570. The Labute approximate surface area is 243 Å². The molecule has 0 unspecified atom stereocenters. The number of fused-ring (bicyclic) bond motifs is 5. The molecule has 1 aliphatic rings. The van der Waals surface area contributed by atoms with Gasteiger partial charge in [-0.3, -0.25) is 0 Å². The monoisotopic (exact) mass is 577 g/mol.